The summed E-state index contributed by atoms with van der Waals surface area (Å²) in [6.45, 7) is 13.1. The fourth-order valence-electron chi connectivity index (χ4n) is 4.73. The van der Waals surface area contributed by atoms with Gasteiger partial charge < -0.3 is 0 Å². The quantitative estimate of drug-likeness (QED) is 0.593. The Bertz CT molecular complexity index is 956. The number of allylic oxidation sites excluding steroid dienone is 2. The maximum Gasteiger partial charge on any atom is 0.0598 e. The minimum absolute atomic E-state index is 0.149. The molecule has 132 valence electrons. The van der Waals surface area contributed by atoms with Crippen molar-refractivity contribution in [3.05, 3.63) is 88.1 Å². The SMILES string of the molecule is C=Cc1ccc2c(c1)C1C(c3ccccc3C)=NC(C)=C1C(C)(C)CC2. The first-order valence-corrected chi connectivity index (χ1v) is 9.53. The highest BCUT2D eigenvalue weighted by Gasteiger charge is 2.42. The zero-order valence-electron chi connectivity index (χ0n) is 16.3. The van der Waals surface area contributed by atoms with E-state index in [1.165, 1.54) is 44.8 Å². The van der Waals surface area contributed by atoms with E-state index in [1.54, 1.807) is 0 Å². The largest absolute Gasteiger partial charge is 0.257 e. The van der Waals surface area contributed by atoms with Gasteiger partial charge in [-0.3, -0.25) is 4.99 Å². The predicted octanol–water partition coefficient (Wildman–Crippen LogP) is 6.47. The van der Waals surface area contributed by atoms with Crippen molar-refractivity contribution < 1.29 is 0 Å². The highest BCUT2D eigenvalue weighted by atomic mass is 14.8. The lowest BCUT2D eigenvalue weighted by Crippen LogP contribution is -2.22. The van der Waals surface area contributed by atoms with Crippen LogP contribution < -0.4 is 0 Å². The first-order chi connectivity index (χ1) is 12.4. The van der Waals surface area contributed by atoms with Gasteiger partial charge in [0.05, 0.1) is 11.6 Å². The standard InChI is InChI=1S/C25H27N/c1-6-18-11-12-19-13-14-25(4,5)23-17(3)26-24(22(23)21(19)15-18)20-10-8-7-9-16(20)2/h6-12,15,22H,1,13-14H2,2-5H3. The monoisotopic (exact) mass is 341 g/mol. The molecule has 0 N–H and O–H groups in total. The summed E-state index contributed by atoms with van der Waals surface area (Å²) in [4.78, 5) is 5.13. The minimum Gasteiger partial charge on any atom is -0.257 e. The molecule has 0 bridgehead atoms. The van der Waals surface area contributed by atoms with E-state index < -0.39 is 0 Å². The number of rotatable bonds is 2. The van der Waals surface area contributed by atoms with Gasteiger partial charge in [0, 0.05) is 5.70 Å². The van der Waals surface area contributed by atoms with Crippen molar-refractivity contribution in [3.63, 3.8) is 0 Å². The average Bonchev–Trinajstić information content (AvgIpc) is 2.92. The van der Waals surface area contributed by atoms with Crippen LogP contribution in [0.3, 0.4) is 0 Å². The highest BCUT2D eigenvalue weighted by Crippen LogP contribution is 2.51. The van der Waals surface area contributed by atoms with Gasteiger partial charge in [0.15, 0.2) is 0 Å². The van der Waals surface area contributed by atoms with Crippen molar-refractivity contribution in [2.45, 2.75) is 46.5 Å². The Morgan fingerprint density at radius 3 is 2.62 bits per heavy atom. The molecule has 2 aliphatic rings. The molecule has 1 heterocycles. The van der Waals surface area contributed by atoms with Crippen molar-refractivity contribution in [1.29, 1.82) is 0 Å². The summed E-state index contributed by atoms with van der Waals surface area (Å²) in [6, 6.07) is 15.5. The summed E-state index contributed by atoms with van der Waals surface area (Å²) < 4.78 is 0. The summed E-state index contributed by atoms with van der Waals surface area (Å²) >= 11 is 0. The number of fused-ring (bicyclic) bond motifs is 3. The van der Waals surface area contributed by atoms with Crippen molar-refractivity contribution in [2.24, 2.45) is 10.4 Å². The van der Waals surface area contributed by atoms with Crippen molar-refractivity contribution in [3.8, 4) is 0 Å². The molecule has 4 rings (SSSR count). The molecule has 1 aliphatic heterocycles. The third kappa shape index (κ3) is 2.58. The van der Waals surface area contributed by atoms with E-state index in [9.17, 15) is 0 Å². The molecule has 0 fully saturated rings. The van der Waals surface area contributed by atoms with Crippen LogP contribution in [0.25, 0.3) is 6.08 Å². The average molecular weight is 341 g/mol. The van der Waals surface area contributed by atoms with Gasteiger partial charge in [-0.05, 0) is 65.5 Å². The molecule has 0 saturated heterocycles. The Labute approximate surface area is 157 Å². The van der Waals surface area contributed by atoms with Gasteiger partial charge >= 0.3 is 0 Å². The van der Waals surface area contributed by atoms with E-state index in [4.69, 9.17) is 4.99 Å². The molecule has 0 aromatic heterocycles. The smallest absolute Gasteiger partial charge is 0.0598 e. The van der Waals surface area contributed by atoms with Gasteiger partial charge in [-0.15, -0.1) is 0 Å². The molecular formula is C25H27N. The van der Waals surface area contributed by atoms with Crippen molar-refractivity contribution in [1.82, 2.24) is 0 Å². The number of benzene rings is 2. The highest BCUT2D eigenvalue weighted by molar-refractivity contribution is 6.10. The molecule has 0 amide bonds. The molecule has 0 spiro atoms. The normalized spacial score (nSPS) is 20.9. The van der Waals surface area contributed by atoms with Crippen LogP contribution >= 0.6 is 0 Å². The Morgan fingerprint density at radius 2 is 1.88 bits per heavy atom. The first kappa shape index (κ1) is 17.0. The van der Waals surface area contributed by atoms with E-state index >= 15 is 0 Å². The Hall–Kier alpha value is -2.41. The zero-order valence-corrected chi connectivity index (χ0v) is 16.3. The van der Waals surface area contributed by atoms with Crippen LogP contribution in [0.5, 0.6) is 0 Å². The van der Waals surface area contributed by atoms with Crippen molar-refractivity contribution >= 4 is 11.8 Å². The molecule has 1 heteroatoms. The Morgan fingerprint density at radius 1 is 1.12 bits per heavy atom. The van der Waals surface area contributed by atoms with Gasteiger partial charge in [0.1, 0.15) is 0 Å². The summed E-state index contributed by atoms with van der Waals surface area (Å²) in [5.41, 5.74) is 10.7. The second-order valence-corrected chi connectivity index (χ2v) is 8.29. The van der Waals surface area contributed by atoms with Crippen LogP contribution in [0.2, 0.25) is 0 Å². The van der Waals surface area contributed by atoms with Crippen LogP contribution in [0, 0.1) is 12.3 Å². The molecule has 26 heavy (non-hydrogen) atoms. The maximum atomic E-state index is 5.13. The topological polar surface area (TPSA) is 12.4 Å². The Balaban J connectivity index is 1.98. The number of nitrogens with zero attached hydrogens (tertiary/aromatic N) is 1. The molecule has 2 aromatic carbocycles. The maximum absolute atomic E-state index is 5.13. The molecule has 1 unspecified atom stereocenters. The van der Waals surface area contributed by atoms with Gasteiger partial charge in [-0.25, -0.2) is 0 Å². The van der Waals surface area contributed by atoms with Gasteiger partial charge in [0.2, 0.25) is 0 Å². The number of aliphatic imine (C=N–C) groups is 1. The van der Waals surface area contributed by atoms with Gasteiger partial charge in [0.25, 0.3) is 0 Å². The molecule has 1 atom stereocenters. The summed E-state index contributed by atoms with van der Waals surface area (Å²) in [5.74, 6) is 0.253. The fourth-order valence-corrected chi connectivity index (χ4v) is 4.73. The molecule has 1 nitrogen and oxygen atoms in total. The van der Waals surface area contributed by atoms with Crippen LogP contribution in [-0.2, 0) is 6.42 Å². The van der Waals surface area contributed by atoms with Crippen LogP contribution in [0.15, 0.2) is 65.3 Å². The fraction of sp³-hybridized carbons (Fsp3) is 0.320. The van der Waals surface area contributed by atoms with Crippen molar-refractivity contribution in [2.75, 3.05) is 0 Å². The molecule has 0 radical (unpaired) electrons. The number of hydrogen-bond donors (Lipinski definition) is 0. The number of hydrogen-bond acceptors (Lipinski definition) is 1. The molecule has 0 saturated carbocycles. The second-order valence-electron chi connectivity index (χ2n) is 8.29. The third-order valence-electron chi connectivity index (χ3n) is 6.13. The van der Waals surface area contributed by atoms with Crippen LogP contribution in [0.4, 0.5) is 0 Å². The summed E-state index contributed by atoms with van der Waals surface area (Å²) in [5, 5.41) is 0. The van der Waals surface area contributed by atoms with Crippen LogP contribution in [-0.4, -0.2) is 5.71 Å². The second kappa shape index (κ2) is 6.09. The zero-order chi connectivity index (χ0) is 18.5. The third-order valence-corrected chi connectivity index (χ3v) is 6.13. The summed E-state index contributed by atoms with van der Waals surface area (Å²) in [6.07, 6.45) is 4.23. The lowest BCUT2D eigenvalue weighted by atomic mass is 9.72. The Kier molecular flexibility index (Phi) is 3.99. The summed E-state index contributed by atoms with van der Waals surface area (Å²) in [7, 11) is 0. The van der Waals surface area contributed by atoms with Gasteiger partial charge in [-0.1, -0.05) is 69.0 Å². The van der Waals surface area contributed by atoms with E-state index in [2.05, 4.69) is 76.7 Å². The van der Waals surface area contributed by atoms with Gasteiger partial charge in [-0.2, -0.15) is 0 Å². The molecule has 1 aliphatic carbocycles. The number of aryl methyl sites for hydroxylation is 2. The predicted molar refractivity (Wildman–Crippen MR) is 112 cm³/mol. The molecule has 2 aromatic rings. The van der Waals surface area contributed by atoms with E-state index in [1.807, 2.05) is 6.08 Å². The first-order valence-electron chi connectivity index (χ1n) is 9.53. The van der Waals surface area contributed by atoms with Crippen LogP contribution in [0.1, 0.15) is 60.9 Å². The van der Waals surface area contributed by atoms with E-state index in [0.717, 1.165) is 12.8 Å². The minimum atomic E-state index is 0.149. The lowest BCUT2D eigenvalue weighted by Gasteiger charge is -2.30. The molecular weight excluding hydrogens is 314 g/mol. The lowest BCUT2D eigenvalue weighted by molar-refractivity contribution is 0.403. The van der Waals surface area contributed by atoms with E-state index in [0.29, 0.717) is 0 Å². The van der Waals surface area contributed by atoms with E-state index in [-0.39, 0.29) is 11.3 Å².